The van der Waals surface area contributed by atoms with Gasteiger partial charge in [0, 0.05) is 26.2 Å². The highest BCUT2D eigenvalue weighted by molar-refractivity contribution is 5.68. The molecule has 0 aliphatic carbocycles. The number of nitrogens with two attached hydrogens (primary N) is 1. The summed E-state index contributed by atoms with van der Waals surface area (Å²) < 4.78 is 12.7. The molecule has 6 heteroatoms. The lowest BCUT2D eigenvalue weighted by molar-refractivity contribution is 0.121. The largest absolute Gasteiger partial charge is 0.396 e. The molecule has 2 N–H and O–H groups in total. The first-order valence-corrected chi connectivity index (χ1v) is 6.57. The molecule has 1 aromatic rings. The minimum absolute atomic E-state index is 0.580. The molecule has 0 radical (unpaired) electrons. The first-order valence-electron chi connectivity index (χ1n) is 6.57. The molecule has 0 spiro atoms. The van der Waals surface area contributed by atoms with Crippen LogP contribution in [0.3, 0.4) is 0 Å². The lowest BCUT2D eigenvalue weighted by Crippen LogP contribution is -2.38. The minimum Gasteiger partial charge on any atom is -0.396 e. The van der Waals surface area contributed by atoms with Crippen LogP contribution >= 0.6 is 0 Å². The second-order valence-corrected chi connectivity index (χ2v) is 4.37. The summed E-state index contributed by atoms with van der Waals surface area (Å²) in [5, 5.41) is 9.20. The predicted molar refractivity (Wildman–Crippen MR) is 73.1 cm³/mol. The standard InChI is InChI=1S/C13H20N4O2/c1-2-18-8-5-17-11(10-14)9-12(15)13(17)16-3-6-19-7-4-16/h9H,2-8,15H2,1H3. The number of aromatic nitrogens is 1. The van der Waals surface area contributed by atoms with Gasteiger partial charge in [-0.15, -0.1) is 0 Å². The third-order valence-corrected chi connectivity index (χ3v) is 3.19. The SMILES string of the molecule is CCOCCn1c(C#N)cc(N)c1N1CCOCC1. The highest BCUT2D eigenvalue weighted by Crippen LogP contribution is 2.28. The Morgan fingerprint density at radius 1 is 1.47 bits per heavy atom. The molecule has 104 valence electrons. The van der Waals surface area contributed by atoms with Gasteiger partial charge < -0.3 is 24.7 Å². The highest BCUT2D eigenvalue weighted by atomic mass is 16.5. The van der Waals surface area contributed by atoms with Crippen molar-refractivity contribution in [2.45, 2.75) is 13.5 Å². The average molecular weight is 264 g/mol. The van der Waals surface area contributed by atoms with Crippen molar-refractivity contribution in [3.63, 3.8) is 0 Å². The molecule has 0 amide bonds. The molecule has 1 aliphatic rings. The van der Waals surface area contributed by atoms with Gasteiger partial charge in [0.15, 0.2) is 0 Å². The van der Waals surface area contributed by atoms with Crippen molar-refractivity contribution < 1.29 is 9.47 Å². The van der Waals surface area contributed by atoms with Crippen LogP contribution < -0.4 is 10.6 Å². The van der Waals surface area contributed by atoms with Crippen LogP contribution in [0.25, 0.3) is 0 Å². The molecule has 1 fully saturated rings. The molecule has 19 heavy (non-hydrogen) atoms. The first-order chi connectivity index (χ1) is 9.27. The molecule has 0 saturated carbocycles. The number of anilines is 2. The van der Waals surface area contributed by atoms with E-state index in [1.165, 1.54) is 0 Å². The molecule has 0 bridgehead atoms. The number of morpholine rings is 1. The average Bonchev–Trinajstić information content (AvgIpc) is 2.76. The normalized spacial score (nSPS) is 15.5. The third kappa shape index (κ3) is 3.00. The number of nitriles is 1. The first kappa shape index (κ1) is 13.7. The summed E-state index contributed by atoms with van der Waals surface area (Å²) in [5.74, 6) is 0.916. The third-order valence-electron chi connectivity index (χ3n) is 3.19. The Bertz CT molecular complexity index is 458. The van der Waals surface area contributed by atoms with E-state index in [2.05, 4.69) is 11.0 Å². The van der Waals surface area contributed by atoms with E-state index in [-0.39, 0.29) is 0 Å². The van der Waals surface area contributed by atoms with Crippen LogP contribution in [0.4, 0.5) is 11.5 Å². The Morgan fingerprint density at radius 2 is 2.21 bits per heavy atom. The summed E-state index contributed by atoms with van der Waals surface area (Å²) in [6.45, 7) is 6.83. The molecule has 0 atom stereocenters. The highest BCUT2D eigenvalue weighted by Gasteiger charge is 2.20. The Morgan fingerprint density at radius 3 is 2.84 bits per heavy atom. The van der Waals surface area contributed by atoms with Crippen LogP contribution in [-0.2, 0) is 16.0 Å². The molecule has 1 aliphatic heterocycles. The van der Waals surface area contributed by atoms with Crippen molar-refractivity contribution in [3.8, 4) is 6.07 Å². The Balaban J connectivity index is 2.24. The van der Waals surface area contributed by atoms with E-state index in [1.807, 2.05) is 11.5 Å². The van der Waals surface area contributed by atoms with Crippen molar-refractivity contribution in [3.05, 3.63) is 11.8 Å². The van der Waals surface area contributed by atoms with Crippen molar-refractivity contribution in [1.82, 2.24) is 4.57 Å². The molecule has 0 unspecified atom stereocenters. The van der Waals surface area contributed by atoms with Gasteiger partial charge in [0.25, 0.3) is 0 Å². The number of rotatable bonds is 5. The van der Waals surface area contributed by atoms with E-state index in [0.29, 0.717) is 44.4 Å². The number of nitrogen functional groups attached to an aromatic ring is 1. The topological polar surface area (TPSA) is 76.4 Å². The van der Waals surface area contributed by atoms with Gasteiger partial charge in [-0.25, -0.2) is 0 Å². The van der Waals surface area contributed by atoms with Gasteiger partial charge in [0.05, 0.1) is 25.5 Å². The number of ether oxygens (including phenoxy) is 2. The summed E-state index contributed by atoms with van der Waals surface area (Å²) in [4.78, 5) is 2.17. The van der Waals surface area contributed by atoms with Crippen molar-refractivity contribution in [2.24, 2.45) is 0 Å². The monoisotopic (exact) mass is 264 g/mol. The molecule has 2 heterocycles. The van der Waals surface area contributed by atoms with Crippen LogP contribution in [0.5, 0.6) is 0 Å². The van der Waals surface area contributed by atoms with E-state index in [0.717, 1.165) is 18.9 Å². The molecular weight excluding hydrogens is 244 g/mol. The van der Waals surface area contributed by atoms with E-state index < -0.39 is 0 Å². The Kier molecular flexibility index (Phi) is 4.66. The van der Waals surface area contributed by atoms with Crippen LogP contribution in [0.15, 0.2) is 6.07 Å². The Hall–Kier alpha value is -1.71. The Labute approximate surface area is 113 Å². The van der Waals surface area contributed by atoms with Gasteiger partial charge in [0.1, 0.15) is 17.6 Å². The van der Waals surface area contributed by atoms with Crippen LogP contribution in [0.1, 0.15) is 12.6 Å². The molecular formula is C13H20N4O2. The van der Waals surface area contributed by atoms with Crippen molar-refractivity contribution in [1.29, 1.82) is 5.26 Å². The zero-order valence-electron chi connectivity index (χ0n) is 11.3. The van der Waals surface area contributed by atoms with Gasteiger partial charge in [-0.3, -0.25) is 0 Å². The lowest BCUT2D eigenvalue weighted by Gasteiger charge is -2.30. The second-order valence-electron chi connectivity index (χ2n) is 4.37. The van der Waals surface area contributed by atoms with Gasteiger partial charge >= 0.3 is 0 Å². The molecule has 1 aromatic heterocycles. The van der Waals surface area contributed by atoms with E-state index in [9.17, 15) is 5.26 Å². The van der Waals surface area contributed by atoms with Gasteiger partial charge in [-0.2, -0.15) is 5.26 Å². The number of hydrogen-bond donors (Lipinski definition) is 1. The lowest BCUT2D eigenvalue weighted by atomic mass is 10.4. The molecule has 6 nitrogen and oxygen atoms in total. The summed E-state index contributed by atoms with van der Waals surface area (Å²) in [7, 11) is 0. The molecule has 2 rings (SSSR count). The molecule has 0 aromatic carbocycles. The van der Waals surface area contributed by atoms with Gasteiger partial charge in [-0.1, -0.05) is 0 Å². The smallest absolute Gasteiger partial charge is 0.133 e. The van der Waals surface area contributed by atoms with Crippen molar-refractivity contribution in [2.75, 3.05) is 50.2 Å². The van der Waals surface area contributed by atoms with Crippen molar-refractivity contribution >= 4 is 11.5 Å². The fraction of sp³-hybridized carbons (Fsp3) is 0.615. The maximum atomic E-state index is 9.20. The minimum atomic E-state index is 0.580. The van der Waals surface area contributed by atoms with E-state index in [4.69, 9.17) is 15.2 Å². The summed E-state index contributed by atoms with van der Waals surface area (Å²) in [5.41, 5.74) is 7.29. The van der Waals surface area contributed by atoms with E-state index >= 15 is 0 Å². The van der Waals surface area contributed by atoms with Crippen LogP contribution in [-0.4, -0.2) is 44.1 Å². The maximum Gasteiger partial charge on any atom is 0.133 e. The molecule has 1 saturated heterocycles. The fourth-order valence-electron chi connectivity index (χ4n) is 2.31. The zero-order chi connectivity index (χ0) is 13.7. The summed E-state index contributed by atoms with van der Waals surface area (Å²) in [6, 6.07) is 3.93. The summed E-state index contributed by atoms with van der Waals surface area (Å²) in [6.07, 6.45) is 0. The van der Waals surface area contributed by atoms with Gasteiger partial charge in [-0.05, 0) is 13.0 Å². The number of hydrogen-bond acceptors (Lipinski definition) is 5. The fourth-order valence-corrected chi connectivity index (χ4v) is 2.31. The second kappa shape index (κ2) is 6.45. The predicted octanol–water partition coefficient (Wildman–Crippen LogP) is 0.815. The number of nitrogens with zero attached hydrogens (tertiary/aromatic N) is 3. The van der Waals surface area contributed by atoms with Crippen LogP contribution in [0.2, 0.25) is 0 Å². The maximum absolute atomic E-state index is 9.20. The van der Waals surface area contributed by atoms with E-state index in [1.54, 1.807) is 6.07 Å². The van der Waals surface area contributed by atoms with Gasteiger partial charge in [0.2, 0.25) is 0 Å². The zero-order valence-corrected chi connectivity index (χ0v) is 11.3. The summed E-state index contributed by atoms with van der Waals surface area (Å²) >= 11 is 0. The van der Waals surface area contributed by atoms with Crippen LogP contribution in [0, 0.1) is 11.3 Å². The quantitative estimate of drug-likeness (QED) is 0.797.